The molecular weight excluding hydrogens is 243 g/mol. The van der Waals surface area contributed by atoms with Crippen LogP contribution in [-0.4, -0.2) is 27.2 Å². The Morgan fingerprint density at radius 1 is 1.67 bits per heavy atom. The maximum absolute atomic E-state index is 12.8. The van der Waals surface area contributed by atoms with E-state index in [-0.39, 0.29) is 12.4 Å². The third-order valence-electron chi connectivity index (χ3n) is 2.89. The van der Waals surface area contributed by atoms with Gasteiger partial charge in [-0.15, -0.1) is 0 Å². The van der Waals surface area contributed by atoms with E-state index < -0.39 is 23.1 Å². The molecule has 18 heavy (non-hydrogen) atoms. The van der Waals surface area contributed by atoms with Crippen LogP contribution in [0, 0.1) is 27.4 Å². The van der Waals surface area contributed by atoms with Gasteiger partial charge in [0.2, 0.25) is 5.82 Å². The standard InChI is InChI=1S/C10H15FN4O3/c1-7-12-9(15(17)18)5-14(7)4-8(13-16)10(2,3)6-11/h5,8H,4,6H2,1-3H3. The zero-order valence-corrected chi connectivity index (χ0v) is 10.5. The number of alkyl halides is 1. The van der Waals surface area contributed by atoms with Crippen LogP contribution in [0.1, 0.15) is 19.7 Å². The second-order valence-corrected chi connectivity index (χ2v) is 4.80. The molecule has 0 aliphatic carbocycles. The van der Waals surface area contributed by atoms with Gasteiger partial charge in [0.15, 0.2) is 0 Å². The van der Waals surface area contributed by atoms with Crippen LogP contribution in [-0.2, 0) is 6.54 Å². The van der Waals surface area contributed by atoms with Crippen LogP contribution >= 0.6 is 0 Å². The number of aryl methyl sites for hydroxylation is 1. The molecule has 1 aromatic rings. The molecule has 0 fully saturated rings. The predicted octanol–water partition coefficient (Wildman–Crippen LogP) is 2.23. The highest BCUT2D eigenvalue weighted by Gasteiger charge is 2.32. The summed E-state index contributed by atoms with van der Waals surface area (Å²) in [6.45, 7) is 4.13. The van der Waals surface area contributed by atoms with Gasteiger partial charge in [0.1, 0.15) is 12.2 Å². The Bertz CT molecular complexity index is 458. The van der Waals surface area contributed by atoms with Gasteiger partial charge in [-0.3, -0.25) is 4.39 Å². The van der Waals surface area contributed by atoms with Crippen LogP contribution < -0.4 is 0 Å². The first-order chi connectivity index (χ1) is 8.31. The third-order valence-corrected chi connectivity index (χ3v) is 2.89. The zero-order valence-electron chi connectivity index (χ0n) is 10.5. The van der Waals surface area contributed by atoms with E-state index in [0.717, 1.165) is 0 Å². The Kier molecular flexibility index (Phi) is 4.10. The maximum atomic E-state index is 12.8. The SMILES string of the molecule is Cc1nc([N+](=O)[O-])cn1CC(N=O)C(C)(C)CF. The monoisotopic (exact) mass is 258 g/mol. The molecule has 0 saturated carbocycles. The Morgan fingerprint density at radius 3 is 2.67 bits per heavy atom. The van der Waals surface area contributed by atoms with Gasteiger partial charge in [0.25, 0.3) is 0 Å². The lowest BCUT2D eigenvalue weighted by atomic mass is 9.86. The molecule has 1 aromatic heterocycles. The molecule has 1 atom stereocenters. The van der Waals surface area contributed by atoms with Gasteiger partial charge in [0.05, 0.1) is 13.2 Å². The molecule has 8 heteroatoms. The van der Waals surface area contributed by atoms with Gasteiger partial charge in [-0.25, -0.2) is 0 Å². The molecule has 0 aliphatic heterocycles. The Hall–Kier alpha value is -1.86. The third kappa shape index (κ3) is 2.88. The number of halogens is 1. The molecule has 1 heterocycles. The van der Waals surface area contributed by atoms with Crippen molar-refractivity contribution in [1.82, 2.24) is 9.55 Å². The van der Waals surface area contributed by atoms with Crippen molar-refractivity contribution < 1.29 is 9.31 Å². The lowest BCUT2D eigenvalue weighted by molar-refractivity contribution is -0.389. The lowest BCUT2D eigenvalue weighted by Gasteiger charge is -2.26. The summed E-state index contributed by atoms with van der Waals surface area (Å²) in [6, 6.07) is -0.810. The van der Waals surface area contributed by atoms with Gasteiger partial charge >= 0.3 is 5.82 Å². The minimum Gasteiger partial charge on any atom is -0.358 e. The fraction of sp³-hybridized carbons (Fsp3) is 0.700. The van der Waals surface area contributed by atoms with Crippen LogP contribution in [0.4, 0.5) is 10.2 Å². The van der Waals surface area contributed by atoms with Gasteiger partial charge < -0.3 is 14.7 Å². The van der Waals surface area contributed by atoms with E-state index in [1.807, 2.05) is 0 Å². The molecular formula is C10H15FN4O3. The van der Waals surface area contributed by atoms with Crippen molar-refractivity contribution in [1.29, 1.82) is 0 Å². The van der Waals surface area contributed by atoms with Crippen molar-refractivity contribution in [2.75, 3.05) is 6.67 Å². The second kappa shape index (κ2) is 5.19. The summed E-state index contributed by atoms with van der Waals surface area (Å²) in [7, 11) is 0. The number of hydrogen-bond donors (Lipinski definition) is 0. The van der Waals surface area contributed by atoms with Crippen molar-refractivity contribution in [3.8, 4) is 0 Å². The van der Waals surface area contributed by atoms with Gasteiger partial charge in [-0.05, 0) is 9.91 Å². The first kappa shape index (κ1) is 14.2. The van der Waals surface area contributed by atoms with E-state index in [4.69, 9.17) is 0 Å². The summed E-state index contributed by atoms with van der Waals surface area (Å²) in [5.41, 5.74) is -0.909. The van der Waals surface area contributed by atoms with E-state index in [0.29, 0.717) is 5.82 Å². The smallest absolute Gasteiger partial charge is 0.358 e. The molecule has 0 radical (unpaired) electrons. The quantitative estimate of drug-likeness (QED) is 0.444. The predicted molar refractivity (Wildman–Crippen MR) is 63.0 cm³/mol. The molecule has 1 rings (SSSR count). The van der Waals surface area contributed by atoms with E-state index in [9.17, 15) is 19.4 Å². The van der Waals surface area contributed by atoms with Crippen molar-refractivity contribution in [2.24, 2.45) is 10.6 Å². The largest absolute Gasteiger partial charge is 0.381 e. The normalized spacial score (nSPS) is 13.3. The van der Waals surface area contributed by atoms with Gasteiger partial charge in [-0.2, -0.15) is 4.91 Å². The van der Waals surface area contributed by atoms with E-state index in [2.05, 4.69) is 10.2 Å². The van der Waals surface area contributed by atoms with Gasteiger partial charge in [0, 0.05) is 12.3 Å². The fourth-order valence-electron chi connectivity index (χ4n) is 1.46. The zero-order chi connectivity index (χ0) is 13.9. The Balaban J connectivity index is 2.95. The van der Waals surface area contributed by atoms with E-state index >= 15 is 0 Å². The second-order valence-electron chi connectivity index (χ2n) is 4.80. The summed E-state index contributed by atoms with van der Waals surface area (Å²) in [5, 5.41) is 13.5. The van der Waals surface area contributed by atoms with E-state index in [1.165, 1.54) is 10.8 Å². The number of nitrogens with zero attached hydrogens (tertiary/aromatic N) is 4. The Labute approximate surface area is 103 Å². The number of hydrogen-bond acceptors (Lipinski definition) is 5. The van der Waals surface area contributed by atoms with E-state index in [1.54, 1.807) is 20.8 Å². The molecule has 7 nitrogen and oxygen atoms in total. The van der Waals surface area contributed by atoms with Crippen LogP contribution in [0.2, 0.25) is 0 Å². The average molecular weight is 258 g/mol. The van der Waals surface area contributed by atoms with Crippen LogP contribution in [0.3, 0.4) is 0 Å². The van der Waals surface area contributed by atoms with Crippen molar-refractivity contribution in [3.63, 3.8) is 0 Å². The summed E-state index contributed by atoms with van der Waals surface area (Å²) in [5.74, 6) is 0.0974. The molecule has 1 unspecified atom stereocenters. The minimum atomic E-state index is -0.909. The highest BCUT2D eigenvalue weighted by atomic mass is 19.1. The lowest BCUT2D eigenvalue weighted by Crippen LogP contribution is -2.33. The number of nitro groups is 1. The summed E-state index contributed by atoms with van der Waals surface area (Å²) in [6.07, 6.45) is 1.22. The summed E-state index contributed by atoms with van der Waals surface area (Å²) >= 11 is 0. The average Bonchev–Trinajstić information content (AvgIpc) is 2.67. The molecule has 0 N–H and O–H groups in total. The minimum absolute atomic E-state index is 0.0765. The fourth-order valence-corrected chi connectivity index (χ4v) is 1.46. The first-order valence-corrected chi connectivity index (χ1v) is 5.38. The van der Waals surface area contributed by atoms with Crippen LogP contribution in [0.5, 0.6) is 0 Å². The molecule has 100 valence electrons. The maximum Gasteiger partial charge on any atom is 0.381 e. The van der Waals surface area contributed by atoms with Crippen molar-refractivity contribution in [3.05, 3.63) is 27.0 Å². The highest BCUT2D eigenvalue weighted by molar-refractivity contribution is 5.17. The molecule has 0 aliphatic rings. The van der Waals surface area contributed by atoms with Gasteiger partial charge in [-0.1, -0.05) is 19.0 Å². The molecule has 0 bridgehead atoms. The molecule has 0 saturated heterocycles. The summed E-state index contributed by atoms with van der Waals surface area (Å²) < 4.78 is 14.3. The summed E-state index contributed by atoms with van der Waals surface area (Å²) in [4.78, 5) is 24.5. The highest BCUT2D eigenvalue weighted by Crippen LogP contribution is 2.26. The molecule has 0 aromatic carbocycles. The topological polar surface area (TPSA) is 90.4 Å². The molecule has 0 amide bonds. The number of aromatic nitrogens is 2. The van der Waals surface area contributed by atoms with Crippen LogP contribution in [0.15, 0.2) is 11.4 Å². The number of imidazole rings is 1. The number of rotatable bonds is 6. The number of nitroso groups, excluding NO2 is 1. The Morgan fingerprint density at radius 2 is 2.28 bits per heavy atom. The van der Waals surface area contributed by atoms with Crippen molar-refractivity contribution in [2.45, 2.75) is 33.4 Å². The van der Waals surface area contributed by atoms with Crippen LogP contribution in [0.25, 0.3) is 0 Å². The van der Waals surface area contributed by atoms with Crippen molar-refractivity contribution >= 4 is 5.82 Å². The first-order valence-electron chi connectivity index (χ1n) is 5.38. The molecule has 0 spiro atoms.